The molecule has 4 rings (SSSR count). The van der Waals surface area contributed by atoms with E-state index >= 15 is 0 Å². The van der Waals surface area contributed by atoms with Crippen LogP contribution in [0.1, 0.15) is 10.4 Å². The summed E-state index contributed by atoms with van der Waals surface area (Å²) < 4.78 is 16.2. The van der Waals surface area contributed by atoms with Crippen molar-refractivity contribution in [2.75, 3.05) is 52.4 Å². The van der Waals surface area contributed by atoms with Gasteiger partial charge in [-0.25, -0.2) is 9.97 Å². The second kappa shape index (κ2) is 8.12. The number of aromatic nitrogens is 2. The molecular formula is C20H22N4O4S. The second-order valence-electron chi connectivity index (χ2n) is 6.49. The molecule has 29 heavy (non-hydrogen) atoms. The summed E-state index contributed by atoms with van der Waals surface area (Å²) in [6.07, 6.45) is 1.78. The standard InChI is InChI=1S/C20H22N4O4S/c1-26-15-7-6-13(16(27-2)17(15)28-3)19(25)23-9-11-24(12-10-23)20-22-14-5-4-8-21-18(14)29-20/h4-8H,9-12H2,1-3H3. The third-order valence-electron chi connectivity index (χ3n) is 4.93. The second-order valence-corrected chi connectivity index (χ2v) is 7.44. The smallest absolute Gasteiger partial charge is 0.257 e. The zero-order valence-electron chi connectivity index (χ0n) is 16.5. The highest BCUT2D eigenvalue weighted by Crippen LogP contribution is 2.40. The number of benzene rings is 1. The molecule has 2 aromatic heterocycles. The van der Waals surface area contributed by atoms with Crippen molar-refractivity contribution in [2.24, 2.45) is 0 Å². The molecule has 1 fully saturated rings. The number of anilines is 1. The zero-order chi connectivity index (χ0) is 20.4. The lowest BCUT2D eigenvalue weighted by molar-refractivity contribution is 0.0742. The Balaban J connectivity index is 1.50. The number of amides is 1. The molecule has 0 N–H and O–H groups in total. The number of fused-ring (bicyclic) bond motifs is 1. The maximum Gasteiger partial charge on any atom is 0.257 e. The average molecular weight is 414 g/mol. The average Bonchev–Trinajstić information content (AvgIpc) is 3.21. The van der Waals surface area contributed by atoms with E-state index in [1.54, 1.807) is 36.8 Å². The third-order valence-corrected chi connectivity index (χ3v) is 5.97. The molecule has 3 aromatic rings. The largest absolute Gasteiger partial charge is 0.493 e. The van der Waals surface area contributed by atoms with Crippen LogP contribution in [-0.4, -0.2) is 68.3 Å². The molecule has 0 unspecified atom stereocenters. The Labute approximate surface area is 172 Å². The molecule has 0 bridgehead atoms. The van der Waals surface area contributed by atoms with E-state index in [2.05, 4.69) is 14.9 Å². The van der Waals surface area contributed by atoms with E-state index in [9.17, 15) is 4.79 Å². The molecule has 0 atom stereocenters. The fraction of sp³-hybridized carbons (Fsp3) is 0.350. The zero-order valence-corrected chi connectivity index (χ0v) is 17.4. The predicted molar refractivity (Wildman–Crippen MR) is 112 cm³/mol. The third kappa shape index (κ3) is 3.53. The van der Waals surface area contributed by atoms with Crippen LogP contribution in [-0.2, 0) is 0 Å². The first-order valence-electron chi connectivity index (χ1n) is 9.21. The van der Waals surface area contributed by atoms with Crippen LogP contribution in [0.25, 0.3) is 10.3 Å². The minimum atomic E-state index is -0.0894. The molecule has 152 valence electrons. The van der Waals surface area contributed by atoms with Crippen LogP contribution in [0.3, 0.4) is 0 Å². The first kappa shape index (κ1) is 19.3. The molecule has 0 aliphatic carbocycles. The van der Waals surface area contributed by atoms with Gasteiger partial charge in [-0.3, -0.25) is 4.79 Å². The molecule has 1 saturated heterocycles. The highest BCUT2D eigenvalue weighted by molar-refractivity contribution is 7.21. The molecule has 1 aromatic carbocycles. The number of thiazole rings is 1. The number of nitrogens with zero attached hydrogens (tertiary/aromatic N) is 4. The van der Waals surface area contributed by atoms with Crippen LogP contribution in [0.5, 0.6) is 17.2 Å². The van der Waals surface area contributed by atoms with Gasteiger partial charge in [-0.05, 0) is 24.3 Å². The van der Waals surface area contributed by atoms with Crippen LogP contribution < -0.4 is 19.1 Å². The van der Waals surface area contributed by atoms with Gasteiger partial charge in [0.2, 0.25) is 5.75 Å². The fourth-order valence-electron chi connectivity index (χ4n) is 3.43. The Morgan fingerprint density at radius 1 is 1.00 bits per heavy atom. The number of carbonyl (C=O) groups is 1. The molecule has 1 aliphatic rings. The summed E-state index contributed by atoms with van der Waals surface area (Å²) >= 11 is 1.57. The lowest BCUT2D eigenvalue weighted by atomic mass is 10.1. The number of hydrogen-bond acceptors (Lipinski definition) is 8. The maximum absolute atomic E-state index is 13.1. The van der Waals surface area contributed by atoms with E-state index < -0.39 is 0 Å². The van der Waals surface area contributed by atoms with Crippen molar-refractivity contribution in [3.05, 3.63) is 36.0 Å². The predicted octanol–water partition coefficient (Wildman–Crippen LogP) is 2.68. The lowest BCUT2D eigenvalue weighted by Crippen LogP contribution is -2.48. The number of hydrogen-bond donors (Lipinski definition) is 0. The molecule has 1 aliphatic heterocycles. The Morgan fingerprint density at radius 3 is 2.41 bits per heavy atom. The van der Waals surface area contributed by atoms with Gasteiger partial charge in [0, 0.05) is 32.4 Å². The monoisotopic (exact) mass is 414 g/mol. The van der Waals surface area contributed by atoms with Crippen molar-refractivity contribution in [1.29, 1.82) is 0 Å². The molecule has 0 spiro atoms. The van der Waals surface area contributed by atoms with Crippen molar-refractivity contribution < 1.29 is 19.0 Å². The van der Waals surface area contributed by atoms with E-state index in [4.69, 9.17) is 14.2 Å². The van der Waals surface area contributed by atoms with E-state index in [-0.39, 0.29) is 5.91 Å². The van der Waals surface area contributed by atoms with E-state index in [1.807, 2.05) is 17.0 Å². The minimum Gasteiger partial charge on any atom is -0.493 e. The summed E-state index contributed by atoms with van der Waals surface area (Å²) in [6, 6.07) is 7.29. The first-order valence-corrected chi connectivity index (χ1v) is 10.0. The van der Waals surface area contributed by atoms with Gasteiger partial charge in [-0.15, -0.1) is 0 Å². The van der Waals surface area contributed by atoms with Crippen molar-refractivity contribution in [2.45, 2.75) is 0 Å². The Hall–Kier alpha value is -3.07. The van der Waals surface area contributed by atoms with Crippen LogP contribution in [0.4, 0.5) is 5.13 Å². The molecule has 8 nitrogen and oxygen atoms in total. The minimum absolute atomic E-state index is 0.0894. The van der Waals surface area contributed by atoms with E-state index in [0.717, 1.165) is 15.5 Å². The molecule has 0 saturated carbocycles. The summed E-state index contributed by atoms with van der Waals surface area (Å²) in [5, 5.41) is 0.939. The van der Waals surface area contributed by atoms with Gasteiger partial charge in [0.15, 0.2) is 16.6 Å². The summed E-state index contributed by atoms with van der Waals surface area (Å²) in [5.41, 5.74) is 1.36. The Morgan fingerprint density at radius 2 is 1.76 bits per heavy atom. The quantitative estimate of drug-likeness (QED) is 0.635. The van der Waals surface area contributed by atoms with Gasteiger partial charge in [0.25, 0.3) is 5.91 Å². The van der Waals surface area contributed by atoms with Crippen LogP contribution in [0, 0.1) is 0 Å². The van der Waals surface area contributed by atoms with Crippen molar-refractivity contribution in [3.63, 3.8) is 0 Å². The summed E-state index contributed by atoms with van der Waals surface area (Å²) in [6.45, 7) is 2.61. The first-order chi connectivity index (χ1) is 14.2. The van der Waals surface area contributed by atoms with Crippen LogP contribution in [0.15, 0.2) is 30.5 Å². The Kier molecular flexibility index (Phi) is 5.39. The van der Waals surface area contributed by atoms with Gasteiger partial charge in [-0.2, -0.15) is 0 Å². The summed E-state index contributed by atoms with van der Waals surface area (Å²) in [5.74, 6) is 1.24. The number of carbonyl (C=O) groups excluding carboxylic acids is 1. The molecule has 0 radical (unpaired) electrons. The highest BCUT2D eigenvalue weighted by atomic mass is 32.1. The summed E-state index contributed by atoms with van der Waals surface area (Å²) in [4.78, 5) is 27.1. The number of pyridine rings is 1. The molecule has 9 heteroatoms. The van der Waals surface area contributed by atoms with Crippen LogP contribution >= 0.6 is 11.3 Å². The Bertz CT molecular complexity index is 997. The van der Waals surface area contributed by atoms with Gasteiger partial charge >= 0.3 is 0 Å². The summed E-state index contributed by atoms with van der Waals surface area (Å²) in [7, 11) is 4.60. The van der Waals surface area contributed by atoms with Crippen molar-refractivity contribution in [1.82, 2.24) is 14.9 Å². The number of piperazine rings is 1. The number of ether oxygens (including phenoxy) is 3. The van der Waals surface area contributed by atoms with Crippen molar-refractivity contribution in [3.8, 4) is 17.2 Å². The van der Waals surface area contributed by atoms with E-state index in [1.165, 1.54) is 14.2 Å². The lowest BCUT2D eigenvalue weighted by Gasteiger charge is -2.34. The molecule has 3 heterocycles. The van der Waals surface area contributed by atoms with Gasteiger partial charge < -0.3 is 24.0 Å². The van der Waals surface area contributed by atoms with Gasteiger partial charge in [0.05, 0.1) is 26.9 Å². The molecule has 1 amide bonds. The van der Waals surface area contributed by atoms with Gasteiger partial charge in [-0.1, -0.05) is 11.3 Å². The van der Waals surface area contributed by atoms with E-state index in [0.29, 0.717) is 49.0 Å². The van der Waals surface area contributed by atoms with Crippen molar-refractivity contribution >= 4 is 32.7 Å². The maximum atomic E-state index is 13.1. The number of methoxy groups -OCH3 is 3. The fourth-order valence-corrected chi connectivity index (χ4v) is 4.39. The highest BCUT2D eigenvalue weighted by Gasteiger charge is 2.28. The number of rotatable bonds is 5. The topological polar surface area (TPSA) is 77.0 Å². The van der Waals surface area contributed by atoms with Gasteiger partial charge in [0.1, 0.15) is 10.3 Å². The SMILES string of the molecule is COc1ccc(C(=O)N2CCN(c3nc4cccnc4s3)CC2)c(OC)c1OC. The normalized spacial score (nSPS) is 14.2. The molecular weight excluding hydrogens is 392 g/mol. The van der Waals surface area contributed by atoms with Crippen LogP contribution in [0.2, 0.25) is 0 Å².